The second-order valence-corrected chi connectivity index (χ2v) is 10.3. The van der Waals surface area contributed by atoms with Gasteiger partial charge in [-0.25, -0.2) is 4.98 Å². The third kappa shape index (κ3) is 3.37. The highest BCUT2D eigenvalue weighted by molar-refractivity contribution is 7.08. The Morgan fingerprint density at radius 1 is 1.37 bits per heavy atom. The monoisotopic (exact) mass is 426 g/mol. The molecule has 0 bridgehead atoms. The van der Waals surface area contributed by atoms with Gasteiger partial charge in [0, 0.05) is 49.7 Å². The number of imidazole rings is 1. The number of rotatable bonds is 5. The van der Waals surface area contributed by atoms with Crippen LogP contribution in [0.25, 0.3) is 0 Å². The van der Waals surface area contributed by atoms with E-state index in [1.165, 1.54) is 24.2 Å². The number of hydrogen-bond acceptors (Lipinski definition) is 4. The quantitative estimate of drug-likeness (QED) is 0.731. The molecule has 5 rings (SSSR count). The number of likely N-dealkylation sites (tertiary alicyclic amines) is 2. The SMILES string of the molecule is CC(C)n1cnc([C@@H]2CN(C(=O)c3ccsc3)C[C@@]23CCCN(CC2CC2)C3=O)c1. The highest BCUT2D eigenvalue weighted by Gasteiger charge is 2.57. The van der Waals surface area contributed by atoms with E-state index in [4.69, 9.17) is 4.98 Å². The van der Waals surface area contributed by atoms with Crippen molar-refractivity contribution in [1.29, 1.82) is 0 Å². The van der Waals surface area contributed by atoms with Gasteiger partial charge in [0.1, 0.15) is 0 Å². The molecule has 0 radical (unpaired) electrons. The molecule has 1 spiro atoms. The molecule has 3 fully saturated rings. The molecule has 2 amide bonds. The van der Waals surface area contributed by atoms with Gasteiger partial charge in [-0.1, -0.05) is 0 Å². The Kier molecular flexibility index (Phi) is 4.96. The smallest absolute Gasteiger partial charge is 0.254 e. The number of amides is 2. The fraction of sp³-hybridized carbons (Fsp3) is 0.609. The van der Waals surface area contributed by atoms with Crippen LogP contribution in [-0.2, 0) is 4.79 Å². The first-order valence-corrected chi connectivity index (χ1v) is 12.1. The Morgan fingerprint density at radius 2 is 2.20 bits per heavy atom. The second-order valence-electron chi connectivity index (χ2n) is 9.54. The lowest BCUT2D eigenvalue weighted by Gasteiger charge is -2.42. The molecule has 30 heavy (non-hydrogen) atoms. The van der Waals surface area contributed by atoms with E-state index in [1.807, 2.05) is 28.1 Å². The molecule has 2 saturated heterocycles. The number of hydrogen-bond donors (Lipinski definition) is 0. The number of carbonyl (C=O) groups excluding carboxylic acids is 2. The zero-order valence-corrected chi connectivity index (χ0v) is 18.6. The molecule has 1 aliphatic carbocycles. The molecule has 2 aromatic rings. The molecule has 2 atom stereocenters. The number of piperidine rings is 1. The van der Waals surface area contributed by atoms with E-state index in [1.54, 1.807) is 0 Å². The largest absolute Gasteiger partial charge is 0.342 e. The van der Waals surface area contributed by atoms with E-state index in [9.17, 15) is 9.59 Å². The van der Waals surface area contributed by atoms with Crippen LogP contribution >= 0.6 is 11.3 Å². The minimum absolute atomic E-state index is 0.0357. The maximum absolute atomic E-state index is 13.8. The Labute approximate surface area is 181 Å². The van der Waals surface area contributed by atoms with Gasteiger partial charge in [0.05, 0.1) is 23.0 Å². The van der Waals surface area contributed by atoms with Crippen molar-refractivity contribution >= 4 is 23.2 Å². The van der Waals surface area contributed by atoms with E-state index in [0.29, 0.717) is 25.0 Å². The molecule has 0 aromatic carbocycles. The van der Waals surface area contributed by atoms with Gasteiger partial charge >= 0.3 is 0 Å². The lowest BCUT2D eigenvalue weighted by atomic mass is 9.70. The van der Waals surface area contributed by atoms with E-state index >= 15 is 0 Å². The normalized spacial score (nSPS) is 26.9. The second kappa shape index (κ2) is 7.52. The van der Waals surface area contributed by atoms with Gasteiger partial charge in [0.25, 0.3) is 5.91 Å². The lowest BCUT2D eigenvalue weighted by molar-refractivity contribution is -0.146. The standard InChI is InChI=1S/C23H30N4O2S/c1-16(2)27-12-20(24-15-27)19-11-26(21(28)18-6-9-30-13-18)14-23(19)7-3-8-25(22(23)29)10-17-4-5-17/h6,9,12-13,15-17,19H,3-5,7-8,10-11,14H2,1-2H3/t19-,23-/m0/s1. The molecule has 160 valence electrons. The molecule has 2 aliphatic heterocycles. The average molecular weight is 427 g/mol. The molecule has 1 saturated carbocycles. The Bertz CT molecular complexity index is 933. The Balaban J connectivity index is 1.49. The lowest BCUT2D eigenvalue weighted by Crippen LogP contribution is -2.52. The number of thiophene rings is 1. The van der Waals surface area contributed by atoms with Gasteiger partial charge in [-0.05, 0) is 56.9 Å². The van der Waals surface area contributed by atoms with Crippen LogP contribution in [0.4, 0.5) is 0 Å². The summed E-state index contributed by atoms with van der Waals surface area (Å²) in [4.78, 5) is 35.7. The van der Waals surface area contributed by atoms with Crippen LogP contribution in [0.2, 0.25) is 0 Å². The Morgan fingerprint density at radius 3 is 2.87 bits per heavy atom. The first-order valence-electron chi connectivity index (χ1n) is 11.1. The van der Waals surface area contributed by atoms with Crippen LogP contribution in [-0.4, -0.2) is 57.3 Å². The summed E-state index contributed by atoms with van der Waals surface area (Å²) in [6.07, 6.45) is 8.26. The molecule has 4 heterocycles. The van der Waals surface area contributed by atoms with E-state index in [2.05, 4.69) is 29.5 Å². The van der Waals surface area contributed by atoms with Crippen LogP contribution in [0.5, 0.6) is 0 Å². The molecule has 3 aliphatic rings. The third-order valence-corrected chi connectivity index (χ3v) is 7.80. The summed E-state index contributed by atoms with van der Waals surface area (Å²) in [7, 11) is 0. The summed E-state index contributed by atoms with van der Waals surface area (Å²) in [5.74, 6) is 0.904. The minimum Gasteiger partial charge on any atom is -0.342 e. The van der Waals surface area contributed by atoms with Crippen molar-refractivity contribution in [2.75, 3.05) is 26.2 Å². The summed E-state index contributed by atoms with van der Waals surface area (Å²) in [5, 5.41) is 3.84. The predicted molar refractivity (Wildman–Crippen MR) is 117 cm³/mol. The molecular weight excluding hydrogens is 396 g/mol. The summed E-state index contributed by atoms with van der Waals surface area (Å²) in [6, 6.07) is 2.20. The first kappa shape index (κ1) is 19.8. The minimum atomic E-state index is -0.547. The first-order chi connectivity index (χ1) is 14.5. The van der Waals surface area contributed by atoms with Crippen molar-refractivity contribution in [2.24, 2.45) is 11.3 Å². The van der Waals surface area contributed by atoms with Crippen molar-refractivity contribution in [3.63, 3.8) is 0 Å². The highest BCUT2D eigenvalue weighted by Crippen LogP contribution is 2.50. The maximum Gasteiger partial charge on any atom is 0.254 e. The molecular formula is C23H30N4O2S. The maximum atomic E-state index is 13.8. The van der Waals surface area contributed by atoms with Crippen molar-refractivity contribution in [2.45, 2.75) is 51.5 Å². The number of aromatic nitrogens is 2. The number of nitrogens with zero attached hydrogens (tertiary/aromatic N) is 4. The topological polar surface area (TPSA) is 58.4 Å². The summed E-state index contributed by atoms with van der Waals surface area (Å²) in [5.41, 5.74) is 1.13. The summed E-state index contributed by atoms with van der Waals surface area (Å²) in [6.45, 7) is 7.05. The van der Waals surface area contributed by atoms with Gasteiger partial charge in [0.15, 0.2) is 0 Å². The molecule has 0 unspecified atom stereocenters. The summed E-state index contributed by atoms with van der Waals surface area (Å²) < 4.78 is 2.10. The zero-order valence-electron chi connectivity index (χ0n) is 17.8. The van der Waals surface area contributed by atoms with Crippen molar-refractivity contribution in [1.82, 2.24) is 19.4 Å². The van der Waals surface area contributed by atoms with Gasteiger partial charge in [-0.3, -0.25) is 9.59 Å². The van der Waals surface area contributed by atoms with Gasteiger partial charge in [-0.2, -0.15) is 11.3 Å². The van der Waals surface area contributed by atoms with Crippen LogP contribution in [0.3, 0.4) is 0 Å². The molecule has 2 aromatic heterocycles. The predicted octanol–water partition coefficient (Wildman–Crippen LogP) is 3.78. The molecule has 0 N–H and O–H groups in total. The van der Waals surface area contributed by atoms with Crippen molar-refractivity contribution < 1.29 is 9.59 Å². The van der Waals surface area contributed by atoms with Crippen molar-refractivity contribution in [3.8, 4) is 0 Å². The van der Waals surface area contributed by atoms with E-state index < -0.39 is 5.41 Å². The van der Waals surface area contributed by atoms with Gasteiger partial charge in [0.2, 0.25) is 5.91 Å². The van der Waals surface area contributed by atoms with E-state index in [0.717, 1.165) is 37.2 Å². The van der Waals surface area contributed by atoms with Crippen LogP contribution < -0.4 is 0 Å². The average Bonchev–Trinajstić information content (AvgIpc) is 3.17. The fourth-order valence-corrected chi connectivity index (χ4v) is 5.82. The van der Waals surface area contributed by atoms with Crippen LogP contribution in [0.1, 0.15) is 67.5 Å². The van der Waals surface area contributed by atoms with Crippen LogP contribution in [0, 0.1) is 11.3 Å². The fourth-order valence-electron chi connectivity index (χ4n) is 5.19. The van der Waals surface area contributed by atoms with Crippen LogP contribution in [0.15, 0.2) is 29.4 Å². The summed E-state index contributed by atoms with van der Waals surface area (Å²) >= 11 is 1.53. The molecule has 6 nitrogen and oxygen atoms in total. The highest BCUT2D eigenvalue weighted by atomic mass is 32.1. The Hall–Kier alpha value is -2.15. The zero-order chi connectivity index (χ0) is 20.9. The van der Waals surface area contributed by atoms with Gasteiger partial charge < -0.3 is 14.4 Å². The third-order valence-electron chi connectivity index (χ3n) is 7.11. The van der Waals surface area contributed by atoms with Gasteiger partial charge in [-0.15, -0.1) is 0 Å². The molecule has 7 heteroatoms. The van der Waals surface area contributed by atoms with Crippen molar-refractivity contribution in [3.05, 3.63) is 40.6 Å². The van der Waals surface area contributed by atoms with E-state index in [-0.39, 0.29) is 17.7 Å². The number of carbonyl (C=O) groups is 2.